The number of halogens is 2. The first-order chi connectivity index (χ1) is 9.54. The van der Waals surface area contributed by atoms with Crippen LogP contribution in [0.3, 0.4) is 0 Å². The van der Waals surface area contributed by atoms with Gasteiger partial charge in [0.2, 0.25) is 5.91 Å². The first kappa shape index (κ1) is 15.1. The molecule has 3 N–H and O–H groups in total. The molecule has 0 aliphatic heterocycles. The molecular weight excluding hydrogens is 323 g/mol. The topological polar surface area (TPSA) is 90.6 Å². The summed E-state index contributed by atoms with van der Waals surface area (Å²) >= 11 is 13.2. The fourth-order valence-electron chi connectivity index (χ4n) is 1.64. The van der Waals surface area contributed by atoms with Crippen LogP contribution < -0.4 is 11.0 Å². The lowest BCUT2D eigenvalue weighted by Crippen LogP contribution is -2.23. The minimum atomic E-state index is -0.391. The summed E-state index contributed by atoms with van der Waals surface area (Å²) in [5.74, 6) is 0.294. The molecule has 1 amide bonds. The van der Waals surface area contributed by atoms with Crippen molar-refractivity contribution < 1.29 is 4.79 Å². The van der Waals surface area contributed by atoms with Crippen molar-refractivity contribution in [1.82, 2.24) is 20.5 Å². The number of carbonyl (C=O) groups excluding carboxylic acids is 1. The van der Waals surface area contributed by atoms with Gasteiger partial charge in [-0.3, -0.25) is 9.78 Å². The third-order valence-corrected chi connectivity index (χ3v) is 4.15. The van der Waals surface area contributed by atoms with Gasteiger partial charge in [0, 0.05) is 6.42 Å². The fourth-order valence-corrected chi connectivity index (χ4v) is 3.19. The van der Waals surface area contributed by atoms with Crippen LogP contribution in [0.25, 0.3) is 0 Å². The van der Waals surface area contributed by atoms with Crippen LogP contribution >= 0.6 is 34.5 Å². The summed E-state index contributed by atoms with van der Waals surface area (Å²) in [6.07, 6.45) is 1.75. The number of nitrogens with one attached hydrogen (secondary N) is 3. The zero-order valence-electron chi connectivity index (χ0n) is 10.3. The van der Waals surface area contributed by atoms with E-state index in [1.165, 1.54) is 11.3 Å². The number of rotatable bonds is 6. The van der Waals surface area contributed by atoms with E-state index in [0.717, 1.165) is 5.56 Å². The average Bonchev–Trinajstić information content (AvgIpc) is 2.93. The Balaban J connectivity index is 1.70. The van der Waals surface area contributed by atoms with Crippen molar-refractivity contribution in [3.05, 3.63) is 36.6 Å². The number of aromatic amines is 2. The number of carbonyl (C=O) groups is 1. The van der Waals surface area contributed by atoms with Crippen molar-refractivity contribution in [2.45, 2.75) is 25.8 Å². The third kappa shape index (κ3) is 4.36. The maximum Gasteiger partial charge on any atom is 0.340 e. The summed E-state index contributed by atoms with van der Waals surface area (Å²) in [6.45, 7) is 0.197. The summed E-state index contributed by atoms with van der Waals surface area (Å²) in [7, 11) is 0. The number of hydrogen-bond acceptors (Lipinski definition) is 4. The molecule has 0 fully saturated rings. The van der Waals surface area contributed by atoms with Crippen LogP contribution in [0.15, 0.2) is 10.9 Å². The van der Waals surface area contributed by atoms with Gasteiger partial charge in [-0.25, -0.2) is 9.89 Å². The minimum Gasteiger partial charge on any atom is -0.349 e. The minimum absolute atomic E-state index is 0.105. The summed E-state index contributed by atoms with van der Waals surface area (Å²) in [5.41, 5.74) is 0.573. The molecule has 108 valence electrons. The van der Waals surface area contributed by atoms with E-state index >= 15 is 0 Å². The molecule has 2 aromatic heterocycles. The number of aryl methyl sites for hydroxylation is 1. The Kier molecular flexibility index (Phi) is 5.22. The van der Waals surface area contributed by atoms with Crippen LogP contribution in [0.1, 0.15) is 24.2 Å². The summed E-state index contributed by atoms with van der Waals surface area (Å²) < 4.78 is 1.32. The van der Waals surface area contributed by atoms with Crippen molar-refractivity contribution in [3.63, 3.8) is 0 Å². The van der Waals surface area contributed by atoms with Crippen LogP contribution in [0.5, 0.6) is 0 Å². The lowest BCUT2D eigenvalue weighted by Gasteiger charge is -2.02. The molecule has 0 radical (unpaired) electrons. The summed E-state index contributed by atoms with van der Waals surface area (Å²) in [5, 5.41) is 8.59. The Morgan fingerprint density at radius 3 is 2.85 bits per heavy atom. The number of aromatic nitrogens is 3. The molecule has 0 aliphatic carbocycles. The van der Waals surface area contributed by atoms with Crippen molar-refractivity contribution in [1.29, 1.82) is 0 Å². The zero-order chi connectivity index (χ0) is 14.5. The quantitative estimate of drug-likeness (QED) is 0.755. The van der Waals surface area contributed by atoms with Gasteiger partial charge in [0.1, 0.15) is 5.82 Å². The fraction of sp³-hybridized carbons (Fsp3) is 0.364. The Hall–Kier alpha value is -1.31. The molecule has 0 saturated carbocycles. The number of H-pyrrole nitrogens is 2. The normalized spacial score (nSPS) is 10.7. The molecule has 6 nitrogen and oxygen atoms in total. The van der Waals surface area contributed by atoms with Crippen molar-refractivity contribution in [2.75, 3.05) is 0 Å². The number of thiophene rings is 1. The lowest BCUT2D eigenvalue weighted by atomic mass is 10.1. The van der Waals surface area contributed by atoms with Gasteiger partial charge in [0.25, 0.3) is 0 Å². The molecule has 0 spiro atoms. The second kappa shape index (κ2) is 6.92. The zero-order valence-corrected chi connectivity index (χ0v) is 12.7. The number of nitrogens with zero attached hydrogens (tertiary/aromatic N) is 1. The van der Waals surface area contributed by atoms with Gasteiger partial charge in [-0.15, -0.1) is 11.3 Å². The van der Waals surface area contributed by atoms with Crippen molar-refractivity contribution in [3.8, 4) is 0 Å². The monoisotopic (exact) mass is 334 g/mol. The molecule has 0 saturated heterocycles. The molecule has 2 rings (SSSR count). The molecule has 2 heterocycles. The van der Waals surface area contributed by atoms with Crippen LogP contribution in [-0.4, -0.2) is 21.1 Å². The average molecular weight is 335 g/mol. The molecule has 9 heteroatoms. The van der Waals surface area contributed by atoms with Crippen LogP contribution in [0.2, 0.25) is 8.67 Å². The molecule has 0 unspecified atom stereocenters. The molecule has 0 atom stereocenters. The highest BCUT2D eigenvalue weighted by Gasteiger charge is 2.08. The molecule has 2 aromatic rings. The molecule has 0 aliphatic rings. The Morgan fingerprint density at radius 1 is 1.45 bits per heavy atom. The first-order valence-corrected chi connectivity index (χ1v) is 7.46. The predicted molar refractivity (Wildman–Crippen MR) is 78.3 cm³/mol. The van der Waals surface area contributed by atoms with Crippen molar-refractivity contribution in [2.24, 2.45) is 0 Å². The van der Waals surface area contributed by atoms with E-state index in [4.69, 9.17) is 23.2 Å². The second-order valence-electron chi connectivity index (χ2n) is 4.10. The van der Waals surface area contributed by atoms with Crippen LogP contribution in [0.4, 0.5) is 0 Å². The predicted octanol–water partition coefficient (Wildman–Crippen LogP) is 2.11. The van der Waals surface area contributed by atoms with Gasteiger partial charge >= 0.3 is 5.69 Å². The smallest absolute Gasteiger partial charge is 0.340 e. The highest BCUT2D eigenvalue weighted by Crippen LogP contribution is 2.31. The van der Waals surface area contributed by atoms with Gasteiger partial charge in [-0.2, -0.15) is 5.10 Å². The van der Waals surface area contributed by atoms with Gasteiger partial charge in [0.15, 0.2) is 0 Å². The Labute approximate surface area is 128 Å². The summed E-state index contributed by atoms with van der Waals surface area (Å²) in [4.78, 5) is 24.9. The van der Waals surface area contributed by atoms with E-state index < -0.39 is 5.69 Å². The highest BCUT2D eigenvalue weighted by molar-refractivity contribution is 7.20. The largest absolute Gasteiger partial charge is 0.349 e. The maximum absolute atomic E-state index is 11.6. The molecule has 0 bridgehead atoms. The number of hydrogen-bond donors (Lipinski definition) is 3. The van der Waals surface area contributed by atoms with E-state index in [1.54, 1.807) is 0 Å². The van der Waals surface area contributed by atoms with Gasteiger partial charge in [-0.1, -0.05) is 23.2 Å². The van der Waals surface area contributed by atoms with Crippen molar-refractivity contribution >= 4 is 40.4 Å². The van der Waals surface area contributed by atoms with Gasteiger partial charge in [-0.05, 0) is 24.5 Å². The van der Waals surface area contributed by atoms with E-state index in [-0.39, 0.29) is 12.5 Å². The summed E-state index contributed by atoms with van der Waals surface area (Å²) in [6, 6.07) is 1.82. The first-order valence-electron chi connectivity index (χ1n) is 5.88. The van der Waals surface area contributed by atoms with Gasteiger partial charge < -0.3 is 5.32 Å². The van der Waals surface area contributed by atoms with Crippen LogP contribution in [-0.2, 0) is 17.8 Å². The van der Waals surface area contributed by atoms with E-state index in [0.29, 0.717) is 33.8 Å². The molecule has 20 heavy (non-hydrogen) atoms. The Bertz CT molecular complexity index is 649. The third-order valence-electron chi connectivity index (χ3n) is 2.58. The van der Waals surface area contributed by atoms with Gasteiger partial charge in [0.05, 0.1) is 15.2 Å². The highest BCUT2D eigenvalue weighted by atomic mass is 35.5. The second-order valence-corrected chi connectivity index (χ2v) is 6.39. The SMILES string of the molecule is O=C(CCCc1cc(Cl)sc1Cl)NCc1n[nH]c(=O)[nH]1. The Morgan fingerprint density at radius 2 is 2.25 bits per heavy atom. The van der Waals surface area contributed by atoms with E-state index in [2.05, 4.69) is 20.5 Å². The van der Waals surface area contributed by atoms with E-state index in [1.807, 2.05) is 6.07 Å². The molecule has 0 aromatic carbocycles. The van der Waals surface area contributed by atoms with Crippen LogP contribution in [0, 0.1) is 0 Å². The molecular formula is C11H12Cl2N4O2S. The number of amides is 1. The standard InChI is InChI=1S/C11H12Cl2N4O2S/c12-7-4-6(10(13)20-7)2-1-3-9(18)14-5-8-15-11(19)17-16-8/h4H,1-3,5H2,(H,14,18)(H2,15,16,17,19). The lowest BCUT2D eigenvalue weighted by molar-refractivity contribution is -0.121. The van der Waals surface area contributed by atoms with E-state index in [9.17, 15) is 9.59 Å². The maximum atomic E-state index is 11.6.